The molecule has 31 heavy (non-hydrogen) atoms. The van der Waals surface area contributed by atoms with Gasteiger partial charge in [-0.15, -0.1) is 0 Å². The molecule has 5 saturated carbocycles. The maximum absolute atomic E-state index is 11.5. The molecular weight excluding hydrogens is 388 g/mol. The van der Waals surface area contributed by atoms with E-state index >= 15 is 0 Å². The topological polar surface area (TPSA) is 52.6 Å². The van der Waals surface area contributed by atoms with Crippen molar-refractivity contribution >= 4 is 11.9 Å². The molecule has 5 aliphatic rings. The van der Waals surface area contributed by atoms with Crippen LogP contribution in [0.3, 0.4) is 0 Å². The first-order valence-electron chi connectivity index (χ1n) is 12.3. The van der Waals surface area contributed by atoms with Gasteiger partial charge in [0.05, 0.1) is 0 Å². The summed E-state index contributed by atoms with van der Waals surface area (Å²) in [6.45, 7) is 15.7. The number of carbonyl (C=O) groups excluding carboxylic acids is 2. The summed E-state index contributed by atoms with van der Waals surface area (Å²) in [4.78, 5) is 22.8. The minimum Gasteiger partial charge on any atom is -0.459 e. The zero-order valence-electron chi connectivity index (χ0n) is 19.8. The van der Waals surface area contributed by atoms with E-state index in [0.717, 1.165) is 30.6 Å². The van der Waals surface area contributed by atoms with Crippen LogP contribution in [-0.4, -0.2) is 24.1 Å². The molecular formula is C27H40O4. The van der Waals surface area contributed by atoms with Crippen LogP contribution in [0.1, 0.15) is 79.1 Å². The molecule has 5 fully saturated rings. The zero-order chi connectivity index (χ0) is 22.6. The van der Waals surface area contributed by atoms with E-state index in [-0.39, 0.29) is 29.6 Å². The largest absolute Gasteiger partial charge is 0.459 e. The average Bonchev–Trinajstić information content (AvgIpc) is 3.48. The first-order valence-corrected chi connectivity index (χ1v) is 12.3. The predicted octanol–water partition coefficient (Wildman–Crippen LogP) is 5.86. The fourth-order valence-corrected chi connectivity index (χ4v) is 7.88. The molecule has 8 atom stereocenters. The van der Waals surface area contributed by atoms with Crippen molar-refractivity contribution in [3.8, 4) is 0 Å². The highest BCUT2D eigenvalue weighted by molar-refractivity contribution is 5.87. The van der Waals surface area contributed by atoms with E-state index in [1.807, 2.05) is 0 Å². The van der Waals surface area contributed by atoms with Crippen molar-refractivity contribution in [1.29, 1.82) is 0 Å². The van der Waals surface area contributed by atoms with Gasteiger partial charge in [-0.25, -0.2) is 9.59 Å². The van der Waals surface area contributed by atoms with Gasteiger partial charge < -0.3 is 9.47 Å². The lowest BCUT2D eigenvalue weighted by Gasteiger charge is -2.38. The maximum atomic E-state index is 11.5. The summed E-state index contributed by atoms with van der Waals surface area (Å²) in [5.41, 5.74) is 1.00. The van der Waals surface area contributed by atoms with Crippen LogP contribution in [0.2, 0.25) is 0 Å². The summed E-state index contributed by atoms with van der Waals surface area (Å²) >= 11 is 0. The van der Waals surface area contributed by atoms with Crippen molar-refractivity contribution in [2.24, 2.45) is 40.4 Å². The van der Waals surface area contributed by atoms with Gasteiger partial charge in [-0.3, -0.25) is 0 Å². The maximum Gasteiger partial charge on any atom is 0.333 e. The monoisotopic (exact) mass is 428 g/mol. The van der Waals surface area contributed by atoms with Crippen LogP contribution in [0.5, 0.6) is 0 Å². The summed E-state index contributed by atoms with van der Waals surface area (Å²) < 4.78 is 11.1. The lowest BCUT2D eigenvalue weighted by molar-refractivity contribution is -0.150. The smallest absolute Gasteiger partial charge is 0.333 e. The number of hydrogen-bond donors (Lipinski definition) is 0. The van der Waals surface area contributed by atoms with Crippen molar-refractivity contribution in [3.63, 3.8) is 0 Å². The molecule has 0 radical (unpaired) electrons. The van der Waals surface area contributed by atoms with Gasteiger partial charge in [0.2, 0.25) is 0 Å². The molecule has 4 heteroatoms. The van der Waals surface area contributed by atoms with Gasteiger partial charge in [0.25, 0.3) is 0 Å². The van der Waals surface area contributed by atoms with Crippen LogP contribution in [-0.2, 0) is 19.1 Å². The molecule has 4 bridgehead atoms. The third-order valence-corrected chi connectivity index (χ3v) is 10.1. The first-order chi connectivity index (χ1) is 14.6. The Morgan fingerprint density at radius 3 is 2.26 bits per heavy atom. The van der Waals surface area contributed by atoms with E-state index in [1.54, 1.807) is 6.92 Å². The van der Waals surface area contributed by atoms with E-state index in [1.165, 1.54) is 44.6 Å². The average molecular weight is 429 g/mol. The molecule has 0 spiro atoms. The number of hydrogen-bond acceptors (Lipinski definition) is 4. The molecule has 172 valence electrons. The second kappa shape index (κ2) is 8.08. The highest BCUT2D eigenvalue weighted by Gasteiger charge is 2.62. The summed E-state index contributed by atoms with van der Waals surface area (Å²) in [5, 5.41) is 0. The van der Waals surface area contributed by atoms with Crippen LogP contribution in [0.15, 0.2) is 24.8 Å². The Bertz CT molecular complexity index is 767. The zero-order valence-corrected chi connectivity index (χ0v) is 19.8. The molecule has 0 saturated heterocycles. The Morgan fingerprint density at radius 2 is 1.68 bits per heavy atom. The molecule has 5 aliphatic carbocycles. The fourth-order valence-electron chi connectivity index (χ4n) is 7.88. The van der Waals surface area contributed by atoms with Crippen molar-refractivity contribution in [2.75, 3.05) is 0 Å². The van der Waals surface area contributed by atoms with Gasteiger partial charge >= 0.3 is 11.9 Å². The van der Waals surface area contributed by atoms with Gasteiger partial charge in [-0.2, -0.15) is 0 Å². The number of ether oxygens (including phenoxy) is 2. The molecule has 0 aromatic heterocycles. The molecule has 0 aliphatic heterocycles. The van der Waals surface area contributed by atoms with E-state index in [4.69, 9.17) is 9.47 Å². The molecule has 0 N–H and O–H groups in total. The number of carbonyl (C=O) groups is 2. The molecule has 5 rings (SSSR count). The summed E-state index contributed by atoms with van der Waals surface area (Å²) in [5.74, 6) is 3.59. The van der Waals surface area contributed by atoms with Crippen molar-refractivity contribution in [1.82, 2.24) is 0 Å². The van der Waals surface area contributed by atoms with E-state index in [2.05, 4.69) is 33.9 Å². The second-order valence-corrected chi connectivity index (χ2v) is 11.6. The Morgan fingerprint density at radius 1 is 0.968 bits per heavy atom. The van der Waals surface area contributed by atoms with Gasteiger partial charge in [0, 0.05) is 17.1 Å². The molecule has 0 amide bonds. The van der Waals surface area contributed by atoms with Gasteiger partial charge in [-0.1, -0.05) is 40.3 Å². The first kappa shape index (κ1) is 22.6. The van der Waals surface area contributed by atoms with Crippen LogP contribution >= 0.6 is 0 Å². The summed E-state index contributed by atoms with van der Waals surface area (Å²) in [7, 11) is 0. The lowest BCUT2D eigenvalue weighted by atomic mass is 9.70. The SMILES string of the molecule is C=C(C)C(=O)OC1CC2CC1C1CCCC21.C=CC(=O)O[C@H]1C[C@@H]2CC[C@@]1(C)C2(C)C. The van der Waals surface area contributed by atoms with E-state index in [0.29, 0.717) is 22.8 Å². The van der Waals surface area contributed by atoms with Gasteiger partial charge in [0.1, 0.15) is 12.2 Å². The second-order valence-electron chi connectivity index (χ2n) is 11.6. The Labute approximate surface area is 187 Å². The number of rotatable bonds is 4. The third kappa shape index (κ3) is 3.68. The minimum absolute atomic E-state index is 0.0942. The van der Waals surface area contributed by atoms with E-state index in [9.17, 15) is 9.59 Å². The van der Waals surface area contributed by atoms with Crippen LogP contribution in [0.4, 0.5) is 0 Å². The summed E-state index contributed by atoms with van der Waals surface area (Å²) in [6, 6.07) is 0. The quantitative estimate of drug-likeness (QED) is 0.416. The predicted molar refractivity (Wildman–Crippen MR) is 121 cm³/mol. The Hall–Kier alpha value is -1.58. The van der Waals surface area contributed by atoms with Crippen LogP contribution in [0, 0.1) is 40.4 Å². The lowest BCUT2D eigenvalue weighted by Crippen LogP contribution is -2.38. The Kier molecular flexibility index (Phi) is 5.89. The number of fused-ring (bicyclic) bond motifs is 7. The normalized spacial score (nSPS) is 43.0. The van der Waals surface area contributed by atoms with E-state index < -0.39 is 0 Å². The molecule has 5 unspecified atom stereocenters. The van der Waals surface area contributed by atoms with Gasteiger partial charge in [0.15, 0.2) is 0 Å². The standard InChI is InChI=1S/C14H20O2.C13H20O2/c1-8(2)14(15)16-13-7-9-6-12(13)11-5-3-4-10(9)11;1-5-11(14)15-10-8-9-6-7-13(10,4)12(9,2)3/h9-13H,1,3-7H2,2H3;5,9-10H,1,6-8H2,2-4H3/t;9-,10-,13+/m.0/s1. The van der Waals surface area contributed by atoms with Crippen molar-refractivity contribution in [3.05, 3.63) is 24.8 Å². The fraction of sp³-hybridized carbons (Fsp3) is 0.778. The minimum atomic E-state index is -0.274. The third-order valence-electron chi connectivity index (χ3n) is 10.1. The highest BCUT2D eigenvalue weighted by Crippen LogP contribution is 2.66. The van der Waals surface area contributed by atoms with Crippen molar-refractivity contribution in [2.45, 2.75) is 91.3 Å². The molecule has 0 aromatic rings. The van der Waals surface area contributed by atoms with Crippen molar-refractivity contribution < 1.29 is 19.1 Å². The summed E-state index contributed by atoms with van der Waals surface area (Å²) in [6.07, 6.45) is 11.7. The molecule has 0 heterocycles. The molecule has 0 aromatic carbocycles. The van der Waals surface area contributed by atoms with Crippen LogP contribution in [0.25, 0.3) is 0 Å². The Balaban J connectivity index is 0.000000150. The molecule has 4 nitrogen and oxygen atoms in total. The highest BCUT2D eigenvalue weighted by atomic mass is 16.5. The van der Waals surface area contributed by atoms with Gasteiger partial charge in [-0.05, 0) is 86.9 Å². The number of esters is 2. The van der Waals surface area contributed by atoms with Crippen LogP contribution < -0.4 is 0 Å².